The molecule has 1 aromatic carbocycles. The number of carboxylic acids is 1. The van der Waals surface area contributed by atoms with E-state index in [-0.39, 0.29) is 18.6 Å². The molecular formula is C24H35N7O9S. The van der Waals surface area contributed by atoms with Crippen LogP contribution in [-0.2, 0) is 40.0 Å². The lowest BCUT2D eigenvalue weighted by molar-refractivity contribution is -0.143. The zero-order valence-corrected chi connectivity index (χ0v) is 23.1. The van der Waals surface area contributed by atoms with E-state index < -0.39 is 85.0 Å². The number of hydrogen-bond acceptors (Lipinski definition) is 10. The molecule has 16 nitrogen and oxygen atoms in total. The summed E-state index contributed by atoms with van der Waals surface area (Å²) in [5.74, 6) is -6.64. The van der Waals surface area contributed by atoms with Crippen LogP contribution in [0.25, 0.3) is 0 Å². The second-order valence-corrected chi connectivity index (χ2v) is 9.82. The molecule has 226 valence electrons. The van der Waals surface area contributed by atoms with Gasteiger partial charge in [-0.05, 0) is 36.1 Å². The smallest absolute Gasteiger partial charge is 0.326 e. The summed E-state index contributed by atoms with van der Waals surface area (Å²) in [6, 6.07) is -0.0389. The van der Waals surface area contributed by atoms with E-state index in [1.54, 1.807) is 6.26 Å². The molecule has 0 aromatic heterocycles. The summed E-state index contributed by atoms with van der Waals surface area (Å²) in [5.41, 5.74) is 16.2. The van der Waals surface area contributed by atoms with E-state index in [0.29, 0.717) is 11.3 Å². The molecule has 0 radical (unpaired) electrons. The molecule has 1 rings (SSSR count). The molecular weight excluding hydrogens is 562 g/mol. The summed E-state index contributed by atoms with van der Waals surface area (Å²) >= 11 is 1.32. The van der Waals surface area contributed by atoms with Crippen molar-refractivity contribution in [1.29, 1.82) is 0 Å². The Morgan fingerprint density at radius 2 is 1.27 bits per heavy atom. The predicted molar refractivity (Wildman–Crippen MR) is 147 cm³/mol. The van der Waals surface area contributed by atoms with Crippen LogP contribution in [0.4, 0.5) is 0 Å². The number of phenolic OH excluding ortho intramolecular Hbond substituents is 1. The Labute approximate surface area is 239 Å². The van der Waals surface area contributed by atoms with E-state index in [1.165, 1.54) is 36.0 Å². The number of carbonyl (C=O) groups excluding carboxylic acids is 6. The summed E-state index contributed by atoms with van der Waals surface area (Å²) in [5, 5.41) is 28.1. The Morgan fingerprint density at radius 1 is 0.780 bits per heavy atom. The van der Waals surface area contributed by atoms with Crippen LogP contribution in [-0.4, -0.2) is 94.3 Å². The lowest BCUT2D eigenvalue weighted by Crippen LogP contribution is -2.59. The number of hydrogen-bond donors (Lipinski definition) is 9. The van der Waals surface area contributed by atoms with Crippen molar-refractivity contribution >= 4 is 53.2 Å². The third kappa shape index (κ3) is 13.0. The first-order chi connectivity index (χ1) is 19.3. The van der Waals surface area contributed by atoms with Crippen molar-refractivity contribution in [2.24, 2.45) is 17.2 Å². The number of amides is 6. The molecule has 0 bridgehead atoms. The topological polar surface area (TPSA) is 286 Å². The van der Waals surface area contributed by atoms with Crippen LogP contribution in [0, 0.1) is 0 Å². The van der Waals surface area contributed by atoms with Crippen molar-refractivity contribution in [3.05, 3.63) is 29.8 Å². The van der Waals surface area contributed by atoms with Crippen molar-refractivity contribution in [2.45, 2.75) is 49.9 Å². The van der Waals surface area contributed by atoms with Crippen LogP contribution in [0.2, 0.25) is 0 Å². The number of nitrogens with one attached hydrogen (secondary N) is 4. The largest absolute Gasteiger partial charge is 0.508 e. The molecule has 0 unspecified atom stereocenters. The Balaban J connectivity index is 3.15. The number of benzene rings is 1. The van der Waals surface area contributed by atoms with Crippen LogP contribution in [0.3, 0.4) is 0 Å². The van der Waals surface area contributed by atoms with Crippen LogP contribution < -0.4 is 38.5 Å². The first-order valence-corrected chi connectivity index (χ1v) is 13.6. The van der Waals surface area contributed by atoms with E-state index in [9.17, 15) is 43.8 Å². The molecule has 0 fully saturated rings. The molecule has 0 heterocycles. The zero-order chi connectivity index (χ0) is 31.1. The molecule has 1 aromatic rings. The molecule has 0 aliphatic carbocycles. The van der Waals surface area contributed by atoms with Crippen LogP contribution in [0.15, 0.2) is 24.3 Å². The van der Waals surface area contributed by atoms with Gasteiger partial charge in [0.1, 0.15) is 29.9 Å². The number of carbonyl (C=O) groups is 7. The summed E-state index contributed by atoms with van der Waals surface area (Å²) in [6.45, 7) is -0.441. The summed E-state index contributed by atoms with van der Waals surface area (Å²) < 4.78 is 0. The Kier molecular flexibility index (Phi) is 14.7. The van der Waals surface area contributed by atoms with Gasteiger partial charge < -0.3 is 48.7 Å². The number of nitrogens with two attached hydrogens (primary N) is 3. The molecule has 0 saturated heterocycles. The lowest BCUT2D eigenvalue weighted by atomic mass is 10.0. The quantitative estimate of drug-likeness (QED) is 0.0797. The number of rotatable bonds is 18. The second-order valence-electron chi connectivity index (χ2n) is 8.84. The molecule has 41 heavy (non-hydrogen) atoms. The standard InChI is InChI=1S/C24H35N7O9S/c1-41-7-6-14(21(36)31-17(24(39)40)10-19(27)34)29-23(38)16(9-18(26)33)30-22(37)15(28-20(35)11-25)8-12-2-4-13(32)5-3-12/h2-5,14-17,32H,6-11,25H2,1H3,(H2,26,33)(H2,27,34)(H,28,35)(H,29,38)(H,30,37)(H,31,36)(H,39,40)/t14-,15-,16-,17-/m0/s1. The van der Waals surface area contributed by atoms with Gasteiger partial charge >= 0.3 is 5.97 Å². The molecule has 0 saturated carbocycles. The van der Waals surface area contributed by atoms with Crippen LogP contribution in [0.1, 0.15) is 24.8 Å². The van der Waals surface area contributed by atoms with Crippen molar-refractivity contribution in [3.8, 4) is 5.75 Å². The first kappa shape index (κ1) is 34.6. The van der Waals surface area contributed by atoms with E-state index >= 15 is 0 Å². The minimum atomic E-state index is -1.65. The van der Waals surface area contributed by atoms with Gasteiger partial charge in [-0.3, -0.25) is 28.8 Å². The summed E-state index contributed by atoms with van der Waals surface area (Å²) in [4.78, 5) is 85.4. The number of primary amides is 2. The number of aromatic hydroxyl groups is 1. The second kappa shape index (κ2) is 17.3. The van der Waals surface area contributed by atoms with Crippen molar-refractivity contribution in [3.63, 3.8) is 0 Å². The van der Waals surface area contributed by atoms with Gasteiger partial charge in [-0.1, -0.05) is 12.1 Å². The van der Waals surface area contributed by atoms with Gasteiger partial charge in [0, 0.05) is 6.42 Å². The maximum Gasteiger partial charge on any atom is 0.326 e. The highest BCUT2D eigenvalue weighted by molar-refractivity contribution is 7.98. The molecule has 17 heteroatoms. The SMILES string of the molecule is CSCC[C@H](NC(=O)[C@H](CC(N)=O)NC(=O)[C@H](Cc1ccc(O)cc1)NC(=O)CN)C(=O)N[C@@H](CC(N)=O)C(=O)O. The number of phenols is 1. The molecule has 0 spiro atoms. The maximum absolute atomic E-state index is 13.1. The van der Waals surface area contributed by atoms with E-state index in [0.717, 1.165) is 0 Å². The Morgan fingerprint density at radius 3 is 1.78 bits per heavy atom. The Hall–Kier alpha value is -4.38. The molecule has 0 aliphatic heterocycles. The minimum Gasteiger partial charge on any atom is -0.508 e. The minimum absolute atomic E-state index is 0.0227. The van der Waals surface area contributed by atoms with Crippen molar-refractivity contribution in [2.75, 3.05) is 18.6 Å². The fourth-order valence-electron chi connectivity index (χ4n) is 3.46. The predicted octanol–water partition coefficient (Wildman–Crippen LogP) is -3.58. The van der Waals surface area contributed by atoms with E-state index in [1.807, 2.05) is 0 Å². The summed E-state index contributed by atoms with van der Waals surface area (Å²) in [6.07, 6.45) is 0.309. The highest BCUT2D eigenvalue weighted by atomic mass is 32.2. The lowest BCUT2D eigenvalue weighted by Gasteiger charge is -2.25. The van der Waals surface area contributed by atoms with Gasteiger partial charge in [0.25, 0.3) is 0 Å². The highest BCUT2D eigenvalue weighted by Gasteiger charge is 2.32. The molecule has 4 atom stereocenters. The average Bonchev–Trinajstić information content (AvgIpc) is 2.90. The number of carboxylic acid groups (broad SMARTS) is 1. The fourth-order valence-corrected chi connectivity index (χ4v) is 3.93. The highest BCUT2D eigenvalue weighted by Crippen LogP contribution is 2.12. The number of thioether (sulfide) groups is 1. The number of aliphatic carboxylic acids is 1. The van der Waals surface area contributed by atoms with Gasteiger partial charge in [0.05, 0.1) is 19.4 Å². The van der Waals surface area contributed by atoms with Gasteiger partial charge in [0.2, 0.25) is 35.4 Å². The van der Waals surface area contributed by atoms with Gasteiger partial charge in [0.15, 0.2) is 0 Å². The molecule has 12 N–H and O–H groups in total. The molecule has 6 amide bonds. The zero-order valence-electron chi connectivity index (χ0n) is 22.3. The van der Waals surface area contributed by atoms with Crippen molar-refractivity contribution in [1.82, 2.24) is 21.3 Å². The first-order valence-electron chi connectivity index (χ1n) is 12.2. The van der Waals surface area contributed by atoms with Gasteiger partial charge in [-0.25, -0.2) is 4.79 Å². The fraction of sp³-hybridized carbons (Fsp3) is 0.458. The van der Waals surface area contributed by atoms with E-state index in [2.05, 4.69) is 21.3 Å². The molecule has 0 aliphatic rings. The normalized spacial score (nSPS) is 13.5. The average molecular weight is 598 g/mol. The van der Waals surface area contributed by atoms with Crippen molar-refractivity contribution < 1.29 is 43.8 Å². The third-order valence-electron chi connectivity index (χ3n) is 5.52. The third-order valence-corrected chi connectivity index (χ3v) is 6.16. The van der Waals surface area contributed by atoms with Crippen LogP contribution >= 0.6 is 11.8 Å². The van der Waals surface area contributed by atoms with Gasteiger partial charge in [-0.2, -0.15) is 11.8 Å². The monoisotopic (exact) mass is 597 g/mol. The summed E-state index contributed by atoms with van der Waals surface area (Å²) in [7, 11) is 0. The van der Waals surface area contributed by atoms with Gasteiger partial charge in [-0.15, -0.1) is 0 Å². The van der Waals surface area contributed by atoms with Crippen LogP contribution in [0.5, 0.6) is 5.75 Å². The van der Waals surface area contributed by atoms with E-state index in [4.69, 9.17) is 17.2 Å². The maximum atomic E-state index is 13.1. The Bertz CT molecular complexity index is 1120.